The van der Waals surface area contributed by atoms with Crippen LogP contribution in [0.3, 0.4) is 0 Å². The minimum Gasteiger partial charge on any atom is -0.508 e. The van der Waals surface area contributed by atoms with Crippen LogP contribution in [0, 0.1) is 0 Å². The number of imidazole rings is 1. The summed E-state index contributed by atoms with van der Waals surface area (Å²) in [6.45, 7) is 2.92. The van der Waals surface area contributed by atoms with Crippen LogP contribution in [-0.2, 0) is 13.0 Å². The number of hydrogen-bond donors (Lipinski definition) is 1. The largest absolute Gasteiger partial charge is 0.508 e. The number of benzene rings is 1. The molecule has 0 fully saturated rings. The number of nitrogens with zero attached hydrogens (tertiary/aromatic N) is 3. The van der Waals surface area contributed by atoms with Crippen molar-refractivity contribution in [2.45, 2.75) is 19.9 Å². The Morgan fingerprint density at radius 3 is 2.89 bits per heavy atom. The third kappa shape index (κ3) is 2.17. The van der Waals surface area contributed by atoms with E-state index in [-0.39, 0.29) is 5.75 Å². The Balaban J connectivity index is 2.05. The molecule has 0 aliphatic heterocycles. The second-order valence-electron chi connectivity index (χ2n) is 4.47. The summed E-state index contributed by atoms with van der Waals surface area (Å²) in [7, 11) is 0. The van der Waals surface area contributed by atoms with E-state index in [1.165, 1.54) is 0 Å². The highest BCUT2D eigenvalue weighted by Gasteiger charge is 2.10. The third-order valence-electron chi connectivity index (χ3n) is 3.17. The fourth-order valence-corrected chi connectivity index (χ4v) is 2.32. The normalized spacial score (nSPS) is 11.0. The Bertz CT molecular complexity index is 718. The van der Waals surface area contributed by atoms with Crippen molar-refractivity contribution in [3.63, 3.8) is 0 Å². The minimum absolute atomic E-state index is 0.287. The topological polar surface area (TPSA) is 50.9 Å². The molecule has 3 aromatic rings. The summed E-state index contributed by atoms with van der Waals surface area (Å²) >= 11 is 0. The van der Waals surface area contributed by atoms with E-state index in [4.69, 9.17) is 0 Å². The lowest BCUT2D eigenvalue weighted by Crippen LogP contribution is -2.03. The van der Waals surface area contributed by atoms with Crippen molar-refractivity contribution < 1.29 is 5.11 Å². The molecular formula is C15H15N3O. The highest BCUT2D eigenvalue weighted by Crippen LogP contribution is 2.18. The first kappa shape index (κ1) is 11.7. The smallest absolute Gasteiger partial charge is 0.159 e. The maximum Gasteiger partial charge on any atom is 0.159 e. The molecule has 96 valence electrons. The number of hydrogen-bond acceptors (Lipinski definition) is 3. The Hall–Kier alpha value is -2.36. The van der Waals surface area contributed by atoms with Crippen LogP contribution in [0.1, 0.15) is 18.3 Å². The molecule has 4 nitrogen and oxygen atoms in total. The van der Waals surface area contributed by atoms with Crippen molar-refractivity contribution in [2.75, 3.05) is 0 Å². The Labute approximate surface area is 111 Å². The van der Waals surface area contributed by atoms with Crippen LogP contribution in [0.5, 0.6) is 5.75 Å². The highest BCUT2D eigenvalue weighted by molar-refractivity contribution is 5.71. The number of rotatable bonds is 3. The number of fused-ring (bicyclic) bond motifs is 1. The molecule has 2 heterocycles. The van der Waals surface area contributed by atoms with Crippen LogP contribution in [0.15, 0.2) is 42.6 Å². The standard InChI is InChI=1S/C15H15N3O/c1-2-18-14(10-11-5-3-6-12(19)9-11)17-13-7-4-8-16-15(13)18/h3-9,19H,2,10H2,1H3. The number of pyridine rings is 1. The average Bonchev–Trinajstić information content (AvgIpc) is 2.75. The van der Waals surface area contributed by atoms with Crippen LogP contribution >= 0.6 is 0 Å². The zero-order valence-corrected chi connectivity index (χ0v) is 10.7. The van der Waals surface area contributed by atoms with Crippen molar-refractivity contribution >= 4 is 11.2 Å². The zero-order valence-electron chi connectivity index (χ0n) is 10.7. The molecule has 1 N–H and O–H groups in total. The SMILES string of the molecule is CCn1c(Cc2cccc(O)c2)nc2cccnc21. The van der Waals surface area contributed by atoms with Crippen molar-refractivity contribution in [2.24, 2.45) is 0 Å². The van der Waals surface area contributed by atoms with E-state index in [0.29, 0.717) is 6.42 Å². The van der Waals surface area contributed by atoms with Gasteiger partial charge in [-0.05, 0) is 36.8 Å². The molecule has 2 aromatic heterocycles. The molecule has 0 spiro atoms. The van der Waals surface area contributed by atoms with Gasteiger partial charge in [0.05, 0.1) is 0 Å². The number of phenolic OH excluding ortho intramolecular Hbond substituents is 1. The summed E-state index contributed by atoms with van der Waals surface area (Å²) < 4.78 is 2.11. The van der Waals surface area contributed by atoms with Gasteiger partial charge in [-0.25, -0.2) is 9.97 Å². The van der Waals surface area contributed by atoms with Crippen LogP contribution in [-0.4, -0.2) is 19.6 Å². The molecule has 0 atom stereocenters. The van der Waals surface area contributed by atoms with Gasteiger partial charge < -0.3 is 9.67 Å². The van der Waals surface area contributed by atoms with E-state index in [9.17, 15) is 5.11 Å². The van der Waals surface area contributed by atoms with Crippen molar-refractivity contribution in [3.8, 4) is 5.75 Å². The van der Waals surface area contributed by atoms with E-state index < -0.39 is 0 Å². The predicted octanol–water partition coefficient (Wildman–Crippen LogP) is 2.75. The van der Waals surface area contributed by atoms with Crippen molar-refractivity contribution in [3.05, 3.63) is 54.0 Å². The summed E-state index contributed by atoms with van der Waals surface area (Å²) in [5, 5.41) is 9.52. The molecule has 19 heavy (non-hydrogen) atoms. The molecule has 0 saturated carbocycles. The van der Waals surface area contributed by atoms with E-state index in [2.05, 4.69) is 21.5 Å². The first-order valence-corrected chi connectivity index (χ1v) is 6.36. The van der Waals surface area contributed by atoms with Crippen LogP contribution in [0.25, 0.3) is 11.2 Å². The van der Waals surface area contributed by atoms with Gasteiger partial charge in [-0.1, -0.05) is 12.1 Å². The predicted molar refractivity (Wildman–Crippen MR) is 74.1 cm³/mol. The maximum atomic E-state index is 9.52. The van der Waals surface area contributed by atoms with E-state index in [1.807, 2.05) is 24.3 Å². The number of phenols is 1. The summed E-state index contributed by atoms with van der Waals surface area (Å²) in [4.78, 5) is 9.01. The lowest BCUT2D eigenvalue weighted by atomic mass is 10.1. The number of aromatic hydroxyl groups is 1. The quantitative estimate of drug-likeness (QED) is 0.780. The summed E-state index contributed by atoms with van der Waals surface area (Å²) in [6.07, 6.45) is 2.48. The van der Waals surface area contributed by atoms with Gasteiger partial charge in [0.1, 0.15) is 17.1 Å². The van der Waals surface area contributed by atoms with Gasteiger partial charge in [-0.2, -0.15) is 0 Å². The molecule has 0 saturated heterocycles. The van der Waals surface area contributed by atoms with Crippen molar-refractivity contribution in [1.82, 2.24) is 14.5 Å². The first-order chi connectivity index (χ1) is 9.28. The van der Waals surface area contributed by atoms with E-state index in [0.717, 1.165) is 29.1 Å². The Morgan fingerprint density at radius 2 is 2.11 bits per heavy atom. The number of aromatic nitrogens is 3. The van der Waals surface area contributed by atoms with Crippen LogP contribution in [0.4, 0.5) is 0 Å². The molecule has 3 rings (SSSR count). The molecule has 0 bridgehead atoms. The second kappa shape index (κ2) is 4.72. The molecule has 0 amide bonds. The average molecular weight is 253 g/mol. The van der Waals surface area contributed by atoms with Crippen LogP contribution in [0.2, 0.25) is 0 Å². The number of aryl methyl sites for hydroxylation is 1. The monoisotopic (exact) mass is 253 g/mol. The molecule has 0 aliphatic carbocycles. The molecule has 4 heteroatoms. The van der Waals surface area contributed by atoms with Gasteiger partial charge >= 0.3 is 0 Å². The van der Waals surface area contributed by atoms with Gasteiger partial charge in [-0.15, -0.1) is 0 Å². The van der Waals surface area contributed by atoms with E-state index >= 15 is 0 Å². The molecule has 1 aromatic carbocycles. The highest BCUT2D eigenvalue weighted by atomic mass is 16.3. The minimum atomic E-state index is 0.287. The zero-order chi connectivity index (χ0) is 13.2. The fourth-order valence-electron chi connectivity index (χ4n) is 2.32. The summed E-state index contributed by atoms with van der Waals surface area (Å²) in [5.74, 6) is 1.26. The summed E-state index contributed by atoms with van der Waals surface area (Å²) in [6, 6.07) is 11.2. The van der Waals surface area contributed by atoms with Crippen molar-refractivity contribution in [1.29, 1.82) is 0 Å². The Kier molecular flexibility index (Phi) is 2.91. The lowest BCUT2D eigenvalue weighted by molar-refractivity contribution is 0.474. The maximum absolute atomic E-state index is 9.52. The second-order valence-corrected chi connectivity index (χ2v) is 4.47. The third-order valence-corrected chi connectivity index (χ3v) is 3.17. The fraction of sp³-hybridized carbons (Fsp3) is 0.200. The van der Waals surface area contributed by atoms with Gasteiger partial charge in [0, 0.05) is 19.2 Å². The van der Waals surface area contributed by atoms with Gasteiger partial charge in [-0.3, -0.25) is 0 Å². The van der Waals surface area contributed by atoms with Gasteiger partial charge in [0.25, 0.3) is 0 Å². The Morgan fingerprint density at radius 1 is 1.21 bits per heavy atom. The molecule has 0 unspecified atom stereocenters. The lowest BCUT2D eigenvalue weighted by Gasteiger charge is -2.05. The van der Waals surface area contributed by atoms with Gasteiger partial charge in [0.15, 0.2) is 5.65 Å². The van der Waals surface area contributed by atoms with Crippen LogP contribution < -0.4 is 0 Å². The molecule has 0 aliphatic rings. The molecular weight excluding hydrogens is 238 g/mol. The first-order valence-electron chi connectivity index (χ1n) is 6.36. The summed E-state index contributed by atoms with van der Waals surface area (Å²) in [5.41, 5.74) is 2.88. The van der Waals surface area contributed by atoms with E-state index in [1.54, 1.807) is 18.3 Å². The van der Waals surface area contributed by atoms with Gasteiger partial charge in [0.2, 0.25) is 0 Å². The molecule has 0 radical (unpaired) electrons.